The van der Waals surface area contributed by atoms with E-state index in [0.29, 0.717) is 18.2 Å². The van der Waals surface area contributed by atoms with Crippen molar-refractivity contribution in [2.45, 2.75) is 118 Å². The molecule has 1 fully saturated rings. The van der Waals surface area contributed by atoms with Crippen molar-refractivity contribution in [1.29, 1.82) is 0 Å². The first-order valence-corrected chi connectivity index (χ1v) is 19.2. The Labute approximate surface area is 312 Å². The number of benzene rings is 2. The molecule has 0 aromatic heterocycles. The first kappa shape index (κ1) is 47.3. The molecule has 0 amide bonds. The number of aryl methyl sites for hydroxylation is 3. The minimum absolute atomic E-state index is 0.564. The molecule has 1 aliphatic carbocycles. The number of hydrogen-bond acceptors (Lipinski definition) is 5. The molecule has 0 bridgehead atoms. The summed E-state index contributed by atoms with van der Waals surface area (Å²) < 4.78 is 0. The van der Waals surface area contributed by atoms with E-state index in [4.69, 9.17) is 14.7 Å². The molecule has 0 saturated heterocycles. The van der Waals surface area contributed by atoms with E-state index in [9.17, 15) is 0 Å². The van der Waals surface area contributed by atoms with Crippen LogP contribution in [-0.4, -0.2) is 36.8 Å². The van der Waals surface area contributed by atoms with Crippen molar-refractivity contribution in [2.24, 2.45) is 23.7 Å². The Morgan fingerprint density at radius 2 is 1.55 bits per heavy atom. The van der Waals surface area contributed by atoms with Gasteiger partial charge in [-0.2, -0.15) is 0 Å². The van der Waals surface area contributed by atoms with Crippen LogP contribution in [0, 0.1) is 30.6 Å². The SMILES string of the molecule is C=CC=O.C=CCC(CC(=C)NCC1CC(CCCNC(CCC)CCc2ccc(CC)cc2)CC1C)Cc1ccc(C)cc1.C=CO.CC=O. The molecular weight excluding hydrogens is 629 g/mol. The lowest BCUT2D eigenvalue weighted by molar-refractivity contribution is -0.106. The van der Waals surface area contributed by atoms with Crippen LogP contribution < -0.4 is 10.6 Å². The molecular formula is C46H72N2O3. The molecule has 1 aliphatic rings. The van der Waals surface area contributed by atoms with Gasteiger partial charge >= 0.3 is 0 Å². The van der Waals surface area contributed by atoms with Crippen LogP contribution >= 0.6 is 0 Å². The molecule has 2 aromatic rings. The van der Waals surface area contributed by atoms with E-state index in [-0.39, 0.29) is 0 Å². The summed E-state index contributed by atoms with van der Waals surface area (Å²) in [5.74, 6) is 3.02. The van der Waals surface area contributed by atoms with Crippen LogP contribution in [-0.2, 0) is 28.9 Å². The Bertz CT molecular complexity index is 1190. The average Bonchev–Trinajstić information content (AvgIpc) is 3.48. The summed E-state index contributed by atoms with van der Waals surface area (Å²) in [6, 6.07) is 18.9. The zero-order chi connectivity index (χ0) is 38.3. The maximum absolute atomic E-state index is 9.06. The van der Waals surface area contributed by atoms with Crippen molar-refractivity contribution in [3.05, 3.63) is 121 Å². The Morgan fingerprint density at radius 1 is 0.961 bits per heavy atom. The maximum Gasteiger partial charge on any atom is 0.142 e. The average molecular weight is 701 g/mol. The predicted molar refractivity (Wildman–Crippen MR) is 221 cm³/mol. The molecule has 0 spiro atoms. The highest BCUT2D eigenvalue weighted by atomic mass is 16.2. The van der Waals surface area contributed by atoms with Gasteiger partial charge in [0.15, 0.2) is 0 Å². The standard InChI is InChI=1S/C39H60N2.C3H4O.2C2H4O/c1-7-11-36(27-35-16-14-30(4)15-17-35)26-32(6)41-29-38-28-37(25-31(38)5)13-10-24-40-39(12-8-2)23-22-34-20-18-33(9-3)19-21-34;1-2-3-4;2*1-2-3/h7,14-21,31,36-41H,1,6,8-13,22-29H2,2-5H3;2-3H,1H2;2H,1H3;2-3H,1H2. The van der Waals surface area contributed by atoms with Gasteiger partial charge < -0.3 is 20.5 Å². The number of nitrogens with one attached hydrogen (secondary N) is 2. The van der Waals surface area contributed by atoms with Gasteiger partial charge in [0.05, 0.1) is 6.26 Å². The Morgan fingerprint density at radius 3 is 2.10 bits per heavy atom. The fourth-order valence-corrected chi connectivity index (χ4v) is 6.90. The molecule has 5 atom stereocenters. The summed E-state index contributed by atoms with van der Waals surface area (Å²) in [7, 11) is 0. The topological polar surface area (TPSA) is 78.4 Å². The van der Waals surface area contributed by atoms with Crippen molar-refractivity contribution in [1.82, 2.24) is 10.6 Å². The second-order valence-corrected chi connectivity index (χ2v) is 13.9. The molecule has 0 aliphatic heterocycles. The first-order valence-electron chi connectivity index (χ1n) is 19.2. The number of aliphatic hydroxyl groups excluding tert-OH is 1. The Kier molecular flexibility index (Phi) is 28.8. The van der Waals surface area contributed by atoms with E-state index < -0.39 is 0 Å². The van der Waals surface area contributed by atoms with Crippen LogP contribution in [0.4, 0.5) is 0 Å². The number of aliphatic hydroxyl groups is 1. The third kappa shape index (κ3) is 23.4. The second kappa shape index (κ2) is 31.1. The lowest BCUT2D eigenvalue weighted by Gasteiger charge is -2.21. The van der Waals surface area contributed by atoms with E-state index >= 15 is 0 Å². The molecule has 51 heavy (non-hydrogen) atoms. The Hall–Kier alpha value is -3.70. The van der Waals surface area contributed by atoms with Crippen molar-refractivity contribution in [2.75, 3.05) is 13.1 Å². The van der Waals surface area contributed by atoms with Gasteiger partial charge in [-0.05, 0) is 137 Å². The summed E-state index contributed by atoms with van der Waals surface area (Å²) in [6.45, 7) is 27.3. The zero-order valence-corrected chi connectivity index (χ0v) is 32.9. The van der Waals surface area contributed by atoms with E-state index in [2.05, 4.69) is 119 Å². The van der Waals surface area contributed by atoms with Crippen LogP contribution in [0.15, 0.2) is 99.0 Å². The fourth-order valence-electron chi connectivity index (χ4n) is 6.90. The zero-order valence-electron chi connectivity index (χ0n) is 32.9. The van der Waals surface area contributed by atoms with Gasteiger partial charge in [0, 0.05) is 18.3 Å². The third-order valence-corrected chi connectivity index (χ3v) is 9.61. The number of rotatable bonds is 21. The first-order chi connectivity index (χ1) is 24.6. The van der Waals surface area contributed by atoms with Crippen LogP contribution in [0.2, 0.25) is 0 Å². The van der Waals surface area contributed by atoms with Crippen LogP contribution in [0.1, 0.15) is 108 Å². The minimum atomic E-state index is 0.564. The summed E-state index contributed by atoms with van der Waals surface area (Å²) in [6.07, 6.45) is 20.1. The normalized spacial score (nSPS) is 17.0. The molecule has 3 N–H and O–H groups in total. The smallest absolute Gasteiger partial charge is 0.142 e. The lowest BCUT2D eigenvalue weighted by Crippen LogP contribution is -2.30. The van der Waals surface area contributed by atoms with Gasteiger partial charge in [0.25, 0.3) is 0 Å². The predicted octanol–water partition coefficient (Wildman–Crippen LogP) is 10.9. The molecule has 5 nitrogen and oxygen atoms in total. The monoisotopic (exact) mass is 701 g/mol. The maximum atomic E-state index is 9.06. The van der Waals surface area contributed by atoms with E-state index in [0.717, 1.165) is 69.1 Å². The second-order valence-electron chi connectivity index (χ2n) is 13.9. The quantitative estimate of drug-likeness (QED) is 0.0397. The molecule has 0 radical (unpaired) electrons. The number of hydrogen-bond donors (Lipinski definition) is 3. The molecule has 284 valence electrons. The molecule has 2 aromatic carbocycles. The summed E-state index contributed by atoms with van der Waals surface area (Å²) in [4.78, 5) is 17.9. The summed E-state index contributed by atoms with van der Waals surface area (Å²) >= 11 is 0. The highest BCUT2D eigenvalue weighted by molar-refractivity contribution is 5.63. The van der Waals surface area contributed by atoms with Crippen molar-refractivity contribution in [3.8, 4) is 0 Å². The highest BCUT2D eigenvalue weighted by Gasteiger charge is 2.30. The van der Waals surface area contributed by atoms with Crippen molar-refractivity contribution < 1.29 is 14.7 Å². The van der Waals surface area contributed by atoms with Gasteiger partial charge in [-0.25, -0.2) is 0 Å². The van der Waals surface area contributed by atoms with Gasteiger partial charge in [-0.15, -0.1) is 6.58 Å². The molecule has 5 heteroatoms. The van der Waals surface area contributed by atoms with E-state index in [1.807, 2.05) is 0 Å². The molecule has 3 rings (SSSR count). The van der Waals surface area contributed by atoms with Crippen molar-refractivity contribution >= 4 is 12.6 Å². The van der Waals surface area contributed by atoms with Gasteiger partial charge in [0.2, 0.25) is 0 Å². The van der Waals surface area contributed by atoms with E-state index in [1.165, 1.54) is 92.3 Å². The number of carbonyl (C=O) groups is 2. The number of carbonyl (C=O) groups excluding carboxylic acids is 2. The molecule has 0 heterocycles. The summed E-state index contributed by atoms with van der Waals surface area (Å²) in [5, 5.41) is 15.0. The lowest BCUT2D eigenvalue weighted by atomic mass is 9.91. The highest BCUT2D eigenvalue weighted by Crippen LogP contribution is 2.38. The van der Waals surface area contributed by atoms with Crippen LogP contribution in [0.25, 0.3) is 0 Å². The van der Waals surface area contributed by atoms with E-state index in [1.54, 1.807) is 0 Å². The van der Waals surface area contributed by atoms with Gasteiger partial charge in [-0.1, -0.05) is 107 Å². The van der Waals surface area contributed by atoms with Gasteiger partial charge in [-0.3, -0.25) is 4.79 Å². The number of allylic oxidation sites excluding steroid dienone is 3. The van der Waals surface area contributed by atoms with Crippen LogP contribution in [0.3, 0.4) is 0 Å². The van der Waals surface area contributed by atoms with Crippen molar-refractivity contribution in [3.63, 3.8) is 0 Å². The van der Waals surface area contributed by atoms with Crippen LogP contribution in [0.5, 0.6) is 0 Å². The molecule has 5 unspecified atom stereocenters. The van der Waals surface area contributed by atoms with Gasteiger partial charge in [0.1, 0.15) is 12.6 Å². The summed E-state index contributed by atoms with van der Waals surface area (Å²) in [5.41, 5.74) is 6.86. The molecule has 1 saturated carbocycles. The Balaban J connectivity index is 0.00000222. The number of aldehydes is 2. The third-order valence-electron chi connectivity index (χ3n) is 9.61. The largest absolute Gasteiger partial charge is 0.516 e. The fraction of sp³-hybridized carbons (Fsp3) is 0.522. The minimum Gasteiger partial charge on any atom is -0.516 e.